The third-order valence-corrected chi connectivity index (χ3v) is 9.31. The molecule has 0 radical (unpaired) electrons. The fourth-order valence-electron chi connectivity index (χ4n) is 4.49. The van der Waals surface area contributed by atoms with Crippen molar-refractivity contribution in [2.45, 2.75) is 29.8 Å². The van der Waals surface area contributed by atoms with Gasteiger partial charge in [0.15, 0.2) is 0 Å². The fourth-order valence-corrected chi connectivity index (χ4v) is 6.77. The third kappa shape index (κ3) is 3.99. The van der Waals surface area contributed by atoms with E-state index in [-0.39, 0.29) is 11.4 Å². The fraction of sp³-hybridized carbons (Fsp3) is 0.400. The largest absolute Gasteiger partial charge is 0.353 e. The SMILES string of the molecule is CN(Cc1cccc(S(N)(=O)=O)c1)S(=O)(=O)N1CCN(c2ncnc3[nH]ccc23)CC12CC2. The van der Waals surface area contributed by atoms with E-state index in [1.807, 2.05) is 12.3 Å². The molecule has 2 fully saturated rings. The molecule has 2 aromatic heterocycles. The first-order valence-electron chi connectivity index (χ1n) is 10.5. The summed E-state index contributed by atoms with van der Waals surface area (Å²) in [5.74, 6) is 0.803. The first-order chi connectivity index (χ1) is 15.6. The number of benzene rings is 1. The van der Waals surface area contributed by atoms with Crippen molar-refractivity contribution in [2.24, 2.45) is 5.14 Å². The molecule has 3 aromatic rings. The Morgan fingerprint density at radius 2 is 1.94 bits per heavy atom. The lowest BCUT2D eigenvalue weighted by Gasteiger charge is -2.43. The summed E-state index contributed by atoms with van der Waals surface area (Å²) in [7, 11) is -6.13. The zero-order valence-electron chi connectivity index (χ0n) is 18.0. The molecule has 1 saturated carbocycles. The molecule has 0 amide bonds. The second-order valence-corrected chi connectivity index (χ2v) is 12.1. The lowest BCUT2D eigenvalue weighted by molar-refractivity contribution is 0.250. The van der Waals surface area contributed by atoms with Crippen LogP contribution >= 0.6 is 0 Å². The predicted molar refractivity (Wildman–Crippen MR) is 123 cm³/mol. The van der Waals surface area contributed by atoms with Crippen LogP contribution < -0.4 is 10.0 Å². The van der Waals surface area contributed by atoms with Crippen LogP contribution in [0.25, 0.3) is 11.0 Å². The van der Waals surface area contributed by atoms with Gasteiger partial charge in [-0.15, -0.1) is 0 Å². The quantitative estimate of drug-likeness (QED) is 0.514. The minimum Gasteiger partial charge on any atom is -0.353 e. The number of hydrogen-bond acceptors (Lipinski definition) is 7. The number of fused-ring (bicyclic) bond motifs is 1. The van der Waals surface area contributed by atoms with Gasteiger partial charge >= 0.3 is 0 Å². The second-order valence-electron chi connectivity index (χ2n) is 8.61. The van der Waals surface area contributed by atoms with E-state index in [4.69, 9.17) is 5.14 Å². The summed E-state index contributed by atoms with van der Waals surface area (Å²) >= 11 is 0. The Morgan fingerprint density at radius 1 is 1.15 bits per heavy atom. The minimum atomic E-state index is -3.87. The number of aromatic nitrogens is 3. The van der Waals surface area contributed by atoms with Gasteiger partial charge in [0.1, 0.15) is 17.8 Å². The summed E-state index contributed by atoms with van der Waals surface area (Å²) in [5.41, 5.74) is 0.828. The number of sulfonamides is 1. The number of nitrogens with zero attached hydrogens (tertiary/aromatic N) is 5. The van der Waals surface area contributed by atoms with Crippen LogP contribution in [0.15, 0.2) is 47.8 Å². The van der Waals surface area contributed by atoms with E-state index in [2.05, 4.69) is 19.9 Å². The molecule has 0 unspecified atom stereocenters. The monoisotopic (exact) mass is 491 g/mol. The molecular weight excluding hydrogens is 466 g/mol. The van der Waals surface area contributed by atoms with Gasteiger partial charge in [-0.05, 0) is 36.6 Å². The lowest BCUT2D eigenvalue weighted by Crippen LogP contribution is -2.59. The number of anilines is 1. The van der Waals surface area contributed by atoms with E-state index in [1.54, 1.807) is 16.4 Å². The van der Waals surface area contributed by atoms with E-state index in [0.29, 0.717) is 25.2 Å². The van der Waals surface area contributed by atoms with Gasteiger partial charge < -0.3 is 9.88 Å². The van der Waals surface area contributed by atoms with Crippen molar-refractivity contribution in [3.63, 3.8) is 0 Å². The number of piperazine rings is 1. The standard InChI is InChI=1S/C20H25N7O4S2/c1-25(12-15-3-2-4-16(11-15)32(21,28)29)33(30,31)27-10-9-26(13-20(27)6-7-20)19-17-5-8-22-18(17)23-14-24-19/h2-5,8,11,14H,6-7,9-10,12-13H2,1H3,(H2,21,28,29)(H,22,23,24). The summed E-state index contributed by atoms with van der Waals surface area (Å²) in [6.45, 7) is 1.43. The van der Waals surface area contributed by atoms with Gasteiger partial charge in [0, 0.05) is 39.4 Å². The molecule has 176 valence electrons. The second kappa shape index (κ2) is 7.74. The number of primary sulfonamides is 1. The maximum atomic E-state index is 13.5. The number of aromatic amines is 1. The molecule has 3 heterocycles. The van der Waals surface area contributed by atoms with Gasteiger partial charge in [-0.2, -0.15) is 17.0 Å². The molecule has 33 heavy (non-hydrogen) atoms. The van der Waals surface area contributed by atoms with Gasteiger partial charge in [-0.3, -0.25) is 0 Å². The van der Waals surface area contributed by atoms with Crippen LogP contribution in [0.4, 0.5) is 5.82 Å². The van der Waals surface area contributed by atoms with Crippen LogP contribution in [0.3, 0.4) is 0 Å². The number of nitrogens with one attached hydrogen (secondary N) is 1. The molecule has 0 atom stereocenters. The molecule has 5 rings (SSSR count). The summed E-state index contributed by atoms with van der Waals surface area (Å²) in [4.78, 5) is 13.9. The third-order valence-electron chi connectivity index (χ3n) is 6.35. The van der Waals surface area contributed by atoms with Crippen LogP contribution in [0.1, 0.15) is 18.4 Å². The van der Waals surface area contributed by atoms with E-state index >= 15 is 0 Å². The maximum Gasteiger partial charge on any atom is 0.282 e. The number of nitrogens with two attached hydrogens (primary N) is 1. The van der Waals surface area contributed by atoms with Crippen molar-refractivity contribution in [3.8, 4) is 0 Å². The summed E-state index contributed by atoms with van der Waals surface area (Å²) in [6, 6.07) is 7.96. The minimum absolute atomic E-state index is 0.0396. The summed E-state index contributed by atoms with van der Waals surface area (Å²) in [5, 5.41) is 6.12. The van der Waals surface area contributed by atoms with Crippen LogP contribution in [-0.2, 0) is 26.8 Å². The Labute approximate surface area is 192 Å². The van der Waals surface area contributed by atoms with Gasteiger partial charge in [-0.25, -0.2) is 23.5 Å². The predicted octanol–water partition coefficient (Wildman–Crippen LogP) is 0.637. The van der Waals surface area contributed by atoms with Gasteiger partial charge in [0.05, 0.1) is 15.8 Å². The highest BCUT2D eigenvalue weighted by molar-refractivity contribution is 7.89. The highest BCUT2D eigenvalue weighted by Gasteiger charge is 2.56. The van der Waals surface area contributed by atoms with Crippen molar-refractivity contribution in [3.05, 3.63) is 48.4 Å². The van der Waals surface area contributed by atoms with Crippen molar-refractivity contribution >= 4 is 37.1 Å². The number of rotatable bonds is 6. The first kappa shape index (κ1) is 22.2. The Bertz CT molecular complexity index is 1420. The van der Waals surface area contributed by atoms with Crippen molar-refractivity contribution in [1.29, 1.82) is 0 Å². The highest BCUT2D eigenvalue weighted by Crippen LogP contribution is 2.47. The summed E-state index contributed by atoms with van der Waals surface area (Å²) in [6.07, 6.45) is 4.88. The average Bonchev–Trinajstić information content (AvgIpc) is 3.34. The van der Waals surface area contributed by atoms with Crippen LogP contribution in [0.5, 0.6) is 0 Å². The lowest BCUT2D eigenvalue weighted by atomic mass is 10.2. The molecule has 13 heteroatoms. The molecule has 11 nitrogen and oxygen atoms in total. The molecule has 2 aliphatic rings. The number of hydrogen-bond donors (Lipinski definition) is 2. The molecule has 1 aromatic carbocycles. The average molecular weight is 492 g/mol. The zero-order chi connectivity index (χ0) is 23.4. The maximum absolute atomic E-state index is 13.5. The molecule has 1 spiro atoms. The molecule has 1 aliphatic carbocycles. The van der Waals surface area contributed by atoms with Gasteiger partial charge in [0.25, 0.3) is 10.2 Å². The topological polar surface area (TPSA) is 146 Å². The van der Waals surface area contributed by atoms with Gasteiger partial charge in [-0.1, -0.05) is 12.1 Å². The molecular formula is C20H25N7O4S2. The van der Waals surface area contributed by atoms with E-state index in [1.165, 1.54) is 29.8 Å². The first-order valence-corrected chi connectivity index (χ1v) is 13.4. The van der Waals surface area contributed by atoms with Crippen molar-refractivity contribution in [2.75, 3.05) is 31.6 Å². The van der Waals surface area contributed by atoms with Crippen molar-refractivity contribution in [1.82, 2.24) is 23.6 Å². The van der Waals surface area contributed by atoms with E-state index in [0.717, 1.165) is 29.7 Å². The van der Waals surface area contributed by atoms with Gasteiger partial charge in [0.2, 0.25) is 10.0 Å². The van der Waals surface area contributed by atoms with Crippen LogP contribution in [-0.4, -0.2) is 72.6 Å². The Balaban J connectivity index is 1.36. The molecule has 0 bridgehead atoms. The Hall–Kier alpha value is -2.58. The smallest absolute Gasteiger partial charge is 0.282 e. The molecule has 3 N–H and O–H groups in total. The van der Waals surface area contributed by atoms with Crippen LogP contribution in [0, 0.1) is 0 Å². The normalized spacial score (nSPS) is 18.9. The van der Waals surface area contributed by atoms with Crippen LogP contribution in [0.2, 0.25) is 0 Å². The Morgan fingerprint density at radius 3 is 2.67 bits per heavy atom. The summed E-state index contributed by atoms with van der Waals surface area (Å²) < 4.78 is 53.1. The Kier molecular flexibility index (Phi) is 5.21. The zero-order valence-corrected chi connectivity index (χ0v) is 19.7. The van der Waals surface area contributed by atoms with Crippen molar-refractivity contribution < 1.29 is 16.8 Å². The van der Waals surface area contributed by atoms with E-state index < -0.39 is 25.8 Å². The molecule has 1 saturated heterocycles. The highest BCUT2D eigenvalue weighted by atomic mass is 32.2. The number of H-pyrrole nitrogens is 1. The molecule has 1 aliphatic heterocycles. The van der Waals surface area contributed by atoms with E-state index in [9.17, 15) is 16.8 Å².